The minimum Gasteiger partial charge on any atom is -0.381 e. The molecular formula is C11H17N3O2. The van der Waals surface area contributed by atoms with Crippen LogP contribution in [0.25, 0.3) is 0 Å². The highest BCUT2D eigenvalue weighted by molar-refractivity contribution is 5.05. The van der Waals surface area contributed by atoms with Crippen molar-refractivity contribution in [3.8, 4) is 0 Å². The summed E-state index contributed by atoms with van der Waals surface area (Å²) < 4.78 is 10.7. The molecule has 2 fully saturated rings. The number of nitrogens with zero attached hydrogens (tertiary/aromatic N) is 2. The standard InChI is InChI=1S/C11H17N3O2/c12-9-3-1-2-8(9)11-13-10(14-16-11)7-4-5-15-6-7/h7-9H,1-6,12H2. The summed E-state index contributed by atoms with van der Waals surface area (Å²) in [7, 11) is 0. The molecule has 16 heavy (non-hydrogen) atoms. The Morgan fingerprint density at radius 1 is 1.25 bits per heavy atom. The molecule has 0 aromatic carbocycles. The molecule has 3 rings (SSSR count). The molecule has 1 aromatic heterocycles. The van der Waals surface area contributed by atoms with Crippen molar-refractivity contribution in [2.24, 2.45) is 5.73 Å². The van der Waals surface area contributed by atoms with Gasteiger partial charge in [0.15, 0.2) is 5.82 Å². The van der Waals surface area contributed by atoms with E-state index in [-0.39, 0.29) is 12.0 Å². The van der Waals surface area contributed by atoms with Crippen LogP contribution in [0.4, 0.5) is 0 Å². The van der Waals surface area contributed by atoms with Crippen LogP contribution in [0, 0.1) is 0 Å². The van der Waals surface area contributed by atoms with Gasteiger partial charge in [0.05, 0.1) is 12.5 Å². The Hall–Kier alpha value is -0.940. The molecule has 1 aromatic rings. The predicted molar refractivity (Wildman–Crippen MR) is 57.0 cm³/mol. The van der Waals surface area contributed by atoms with E-state index >= 15 is 0 Å². The maximum Gasteiger partial charge on any atom is 0.231 e. The normalized spacial score (nSPS) is 34.7. The first-order chi connectivity index (χ1) is 7.84. The van der Waals surface area contributed by atoms with Gasteiger partial charge in [-0.25, -0.2) is 0 Å². The molecule has 2 heterocycles. The van der Waals surface area contributed by atoms with Crippen LogP contribution in [0.15, 0.2) is 4.52 Å². The summed E-state index contributed by atoms with van der Waals surface area (Å²) in [6.45, 7) is 1.52. The van der Waals surface area contributed by atoms with Gasteiger partial charge in [0.1, 0.15) is 0 Å². The summed E-state index contributed by atoms with van der Waals surface area (Å²) in [5.74, 6) is 2.11. The fourth-order valence-corrected chi connectivity index (χ4v) is 2.60. The van der Waals surface area contributed by atoms with Crippen LogP contribution >= 0.6 is 0 Å². The summed E-state index contributed by atoms with van der Waals surface area (Å²) in [4.78, 5) is 4.49. The summed E-state index contributed by atoms with van der Waals surface area (Å²) in [6.07, 6.45) is 4.30. The third kappa shape index (κ3) is 1.74. The minimum atomic E-state index is 0.188. The molecule has 0 radical (unpaired) electrons. The fourth-order valence-electron chi connectivity index (χ4n) is 2.60. The van der Waals surface area contributed by atoms with E-state index in [4.69, 9.17) is 15.0 Å². The lowest BCUT2D eigenvalue weighted by Gasteiger charge is -2.09. The van der Waals surface area contributed by atoms with Gasteiger partial charge in [0, 0.05) is 18.6 Å². The third-order valence-corrected chi connectivity index (χ3v) is 3.64. The molecule has 0 amide bonds. The van der Waals surface area contributed by atoms with E-state index in [9.17, 15) is 0 Å². The molecular weight excluding hydrogens is 206 g/mol. The van der Waals surface area contributed by atoms with Crippen molar-refractivity contribution in [1.82, 2.24) is 10.1 Å². The second kappa shape index (κ2) is 4.14. The van der Waals surface area contributed by atoms with Gasteiger partial charge >= 0.3 is 0 Å². The Kier molecular flexibility index (Phi) is 2.65. The predicted octanol–water partition coefficient (Wildman–Crippen LogP) is 1.17. The Labute approximate surface area is 94.3 Å². The van der Waals surface area contributed by atoms with Crippen LogP contribution in [0.2, 0.25) is 0 Å². The second-order valence-electron chi connectivity index (χ2n) is 4.75. The number of hydrogen-bond acceptors (Lipinski definition) is 5. The monoisotopic (exact) mass is 223 g/mol. The molecule has 1 aliphatic heterocycles. The van der Waals surface area contributed by atoms with Crippen LogP contribution in [-0.2, 0) is 4.74 Å². The zero-order valence-corrected chi connectivity index (χ0v) is 9.26. The number of hydrogen-bond donors (Lipinski definition) is 1. The first-order valence-corrected chi connectivity index (χ1v) is 6.01. The van der Waals surface area contributed by atoms with E-state index in [2.05, 4.69) is 10.1 Å². The highest BCUT2D eigenvalue weighted by atomic mass is 16.5. The zero-order chi connectivity index (χ0) is 11.0. The summed E-state index contributed by atoms with van der Waals surface area (Å²) >= 11 is 0. The second-order valence-corrected chi connectivity index (χ2v) is 4.75. The van der Waals surface area contributed by atoms with Crippen LogP contribution in [0.3, 0.4) is 0 Å². The van der Waals surface area contributed by atoms with E-state index in [0.717, 1.165) is 50.6 Å². The van der Waals surface area contributed by atoms with Crippen LogP contribution < -0.4 is 5.73 Å². The van der Waals surface area contributed by atoms with Gasteiger partial charge in [-0.15, -0.1) is 0 Å². The maximum atomic E-state index is 6.02. The summed E-state index contributed by atoms with van der Waals surface area (Å²) in [5, 5.41) is 4.06. The van der Waals surface area contributed by atoms with E-state index in [1.807, 2.05) is 0 Å². The lowest BCUT2D eigenvalue weighted by Crippen LogP contribution is -2.23. The van der Waals surface area contributed by atoms with Gasteiger partial charge in [0.2, 0.25) is 5.89 Å². The molecule has 3 atom stereocenters. The zero-order valence-electron chi connectivity index (χ0n) is 9.26. The van der Waals surface area contributed by atoms with Gasteiger partial charge in [-0.1, -0.05) is 11.6 Å². The number of nitrogens with two attached hydrogens (primary N) is 1. The molecule has 3 unspecified atom stereocenters. The highest BCUT2D eigenvalue weighted by Crippen LogP contribution is 2.33. The van der Waals surface area contributed by atoms with Gasteiger partial charge in [-0.05, 0) is 19.3 Å². The molecule has 1 saturated carbocycles. The van der Waals surface area contributed by atoms with E-state index in [0.29, 0.717) is 5.92 Å². The average molecular weight is 223 g/mol. The van der Waals surface area contributed by atoms with Crippen molar-refractivity contribution in [1.29, 1.82) is 0 Å². The van der Waals surface area contributed by atoms with Crippen LogP contribution in [0.1, 0.15) is 49.2 Å². The molecule has 1 aliphatic carbocycles. The van der Waals surface area contributed by atoms with Gasteiger partial charge in [-0.3, -0.25) is 0 Å². The smallest absolute Gasteiger partial charge is 0.231 e. The number of ether oxygens (including phenoxy) is 1. The van der Waals surface area contributed by atoms with E-state index in [1.54, 1.807) is 0 Å². The maximum absolute atomic E-state index is 6.02. The van der Waals surface area contributed by atoms with Gasteiger partial charge in [0.25, 0.3) is 0 Å². The van der Waals surface area contributed by atoms with Crippen LogP contribution in [-0.4, -0.2) is 29.4 Å². The lowest BCUT2D eigenvalue weighted by molar-refractivity contribution is 0.192. The van der Waals surface area contributed by atoms with Crippen molar-refractivity contribution >= 4 is 0 Å². The molecule has 0 bridgehead atoms. The summed E-state index contributed by atoms with van der Waals surface area (Å²) in [5.41, 5.74) is 6.02. The first-order valence-electron chi connectivity index (χ1n) is 6.01. The van der Waals surface area contributed by atoms with Crippen molar-refractivity contribution < 1.29 is 9.26 Å². The fraction of sp³-hybridized carbons (Fsp3) is 0.818. The minimum absolute atomic E-state index is 0.188. The third-order valence-electron chi connectivity index (χ3n) is 3.64. The Balaban J connectivity index is 1.76. The molecule has 2 aliphatic rings. The quantitative estimate of drug-likeness (QED) is 0.814. The van der Waals surface area contributed by atoms with E-state index < -0.39 is 0 Å². The van der Waals surface area contributed by atoms with Crippen molar-refractivity contribution in [2.75, 3.05) is 13.2 Å². The number of aromatic nitrogens is 2. The molecule has 5 heteroatoms. The Bertz CT molecular complexity index is 360. The van der Waals surface area contributed by atoms with E-state index in [1.165, 1.54) is 0 Å². The molecule has 1 saturated heterocycles. The largest absolute Gasteiger partial charge is 0.381 e. The number of rotatable bonds is 2. The van der Waals surface area contributed by atoms with Crippen molar-refractivity contribution in [2.45, 2.75) is 43.6 Å². The Morgan fingerprint density at radius 3 is 2.88 bits per heavy atom. The molecule has 5 nitrogen and oxygen atoms in total. The molecule has 0 spiro atoms. The van der Waals surface area contributed by atoms with Crippen molar-refractivity contribution in [3.05, 3.63) is 11.7 Å². The molecule has 2 N–H and O–H groups in total. The molecule has 88 valence electrons. The lowest BCUT2D eigenvalue weighted by atomic mass is 10.0. The van der Waals surface area contributed by atoms with Gasteiger partial charge in [-0.2, -0.15) is 4.98 Å². The summed E-state index contributed by atoms with van der Waals surface area (Å²) in [6, 6.07) is 0.188. The van der Waals surface area contributed by atoms with Crippen molar-refractivity contribution in [3.63, 3.8) is 0 Å². The topological polar surface area (TPSA) is 74.2 Å². The Morgan fingerprint density at radius 2 is 2.19 bits per heavy atom. The van der Waals surface area contributed by atoms with Crippen LogP contribution in [0.5, 0.6) is 0 Å². The SMILES string of the molecule is NC1CCCC1c1nc(C2CCOC2)no1. The highest BCUT2D eigenvalue weighted by Gasteiger charge is 2.31. The first kappa shape index (κ1) is 10.2. The average Bonchev–Trinajstić information content (AvgIpc) is 2.96. The van der Waals surface area contributed by atoms with Gasteiger partial charge < -0.3 is 15.0 Å².